The molecule has 126 valence electrons. The molecule has 0 aromatic heterocycles. The van der Waals surface area contributed by atoms with Crippen LogP contribution in [0.4, 0.5) is 0 Å². The molecule has 1 aliphatic heterocycles. The molecule has 0 radical (unpaired) electrons. The van der Waals surface area contributed by atoms with E-state index in [0.717, 1.165) is 25.7 Å². The Labute approximate surface area is 132 Å². The van der Waals surface area contributed by atoms with Gasteiger partial charge in [0.1, 0.15) is 0 Å². The lowest BCUT2D eigenvalue weighted by Crippen LogP contribution is -2.59. The van der Waals surface area contributed by atoms with E-state index in [1.165, 1.54) is 5.01 Å². The molecule has 2 unspecified atom stereocenters. The quantitative estimate of drug-likeness (QED) is 0.804. The third-order valence-corrected chi connectivity index (χ3v) is 5.41. The summed E-state index contributed by atoms with van der Waals surface area (Å²) in [4.78, 5) is 23.5. The van der Waals surface area contributed by atoms with Gasteiger partial charge in [0, 0.05) is 19.1 Å². The highest BCUT2D eigenvalue weighted by Crippen LogP contribution is 2.43. The number of ether oxygens (including phenoxy) is 1. The molecule has 6 nitrogen and oxygen atoms in total. The number of carbonyl (C=O) groups excluding carboxylic acids is 1. The molecule has 2 atom stereocenters. The van der Waals surface area contributed by atoms with Crippen LogP contribution in [0.1, 0.15) is 46.5 Å². The van der Waals surface area contributed by atoms with Crippen LogP contribution in [0.25, 0.3) is 0 Å². The maximum atomic E-state index is 12.3. The van der Waals surface area contributed by atoms with Crippen molar-refractivity contribution in [3.63, 3.8) is 0 Å². The van der Waals surface area contributed by atoms with Crippen molar-refractivity contribution in [1.29, 1.82) is 0 Å². The van der Waals surface area contributed by atoms with Gasteiger partial charge in [0.15, 0.2) is 0 Å². The van der Waals surface area contributed by atoms with E-state index < -0.39 is 11.9 Å². The Morgan fingerprint density at radius 1 is 1.32 bits per heavy atom. The number of nitrogens with zero attached hydrogens (tertiary/aromatic N) is 2. The number of carboxylic acids is 1. The molecular formula is C16H28N2O4. The van der Waals surface area contributed by atoms with Crippen LogP contribution in [0.3, 0.4) is 0 Å². The number of rotatable bonds is 3. The van der Waals surface area contributed by atoms with Gasteiger partial charge in [0.05, 0.1) is 13.2 Å². The summed E-state index contributed by atoms with van der Waals surface area (Å²) in [6.45, 7) is 8.91. The second kappa shape index (κ2) is 6.96. The third kappa shape index (κ3) is 3.60. The number of morpholine rings is 1. The number of carboxylic acid groups (broad SMARTS) is 1. The average Bonchev–Trinajstić information content (AvgIpc) is 2.48. The molecule has 2 aliphatic rings. The molecule has 2 rings (SSSR count). The first kappa shape index (κ1) is 17.2. The van der Waals surface area contributed by atoms with E-state index >= 15 is 0 Å². The highest BCUT2D eigenvalue weighted by Gasteiger charge is 2.41. The normalized spacial score (nSPS) is 30.3. The number of hydrogen-bond acceptors (Lipinski definition) is 4. The Balaban J connectivity index is 2.20. The Hall–Kier alpha value is -1.14. The van der Waals surface area contributed by atoms with Crippen molar-refractivity contribution >= 4 is 11.9 Å². The lowest BCUT2D eigenvalue weighted by Gasteiger charge is -2.48. The summed E-state index contributed by atoms with van der Waals surface area (Å²) >= 11 is 0. The predicted molar refractivity (Wildman–Crippen MR) is 82.1 cm³/mol. The number of amides is 1. The van der Waals surface area contributed by atoms with Crippen molar-refractivity contribution in [1.82, 2.24) is 10.0 Å². The van der Waals surface area contributed by atoms with Gasteiger partial charge < -0.3 is 9.84 Å². The summed E-state index contributed by atoms with van der Waals surface area (Å²) in [6.07, 6.45) is 3.91. The highest BCUT2D eigenvalue weighted by molar-refractivity contribution is 6.31. The van der Waals surface area contributed by atoms with Crippen LogP contribution in [-0.4, -0.2) is 59.3 Å². The molecular weight excluding hydrogens is 284 g/mol. The monoisotopic (exact) mass is 312 g/mol. The summed E-state index contributed by atoms with van der Waals surface area (Å²) in [5.41, 5.74) is 0.159. The molecule has 1 saturated carbocycles. The molecule has 1 N–H and O–H groups in total. The van der Waals surface area contributed by atoms with Crippen molar-refractivity contribution in [3.8, 4) is 0 Å². The fourth-order valence-electron chi connectivity index (χ4n) is 3.61. The zero-order chi connectivity index (χ0) is 16.3. The summed E-state index contributed by atoms with van der Waals surface area (Å²) in [5.74, 6) is -1.66. The van der Waals surface area contributed by atoms with Gasteiger partial charge in [-0.25, -0.2) is 9.80 Å². The fourth-order valence-corrected chi connectivity index (χ4v) is 3.61. The Morgan fingerprint density at radius 3 is 2.50 bits per heavy atom. The van der Waals surface area contributed by atoms with E-state index in [4.69, 9.17) is 4.74 Å². The zero-order valence-corrected chi connectivity index (χ0v) is 13.9. The molecule has 0 bridgehead atoms. The predicted octanol–water partition coefficient (Wildman–Crippen LogP) is 1.75. The van der Waals surface area contributed by atoms with Crippen LogP contribution in [0.15, 0.2) is 0 Å². The minimum atomic E-state index is -1.37. The Bertz CT molecular complexity index is 420. The SMILES string of the molecule is CC(C)C1(C)CCCC(N(C(=O)C(=O)O)N2CCOCC2)C1. The molecule has 1 amide bonds. The van der Waals surface area contributed by atoms with Crippen LogP contribution in [-0.2, 0) is 14.3 Å². The number of hydrogen-bond donors (Lipinski definition) is 1. The fraction of sp³-hybridized carbons (Fsp3) is 0.875. The van der Waals surface area contributed by atoms with Crippen LogP contribution in [0.2, 0.25) is 0 Å². The zero-order valence-electron chi connectivity index (χ0n) is 13.9. The number of aliphatic carboxylic acids is 1. The lowest BCUT2D eigenvalue weighted by atomic mass is 9.67. The van der Waals surface area contributed by atoms with Crippen LogP contribution in [0, 0.1) is 11.3 Å². The maximum Gasteiger partial charge on any atom is 0.396 e. The van der Waals surface area contributed by atoms with Gasteiger partial charge in [-0.1, -0.05) is 27.2 Å². The smallest absolute Gasteiger partial charge is 0.396 e. The molecule has 6 heteroatoms. The van der Waals surface area contributed by atoms with E-state index in [-0.39, 0.29) is 11.5 Å². The van der Waals surface area contributed by atoms with Gasteiger partial charge in [-0.2, -0.15) is 0 Å². The summed E-state index contributed by atoms with van der Waals surface area (Å²) in [7, 11) is 0. The summed E-state index contributed by atoms with van der Waals surface area (Å²) in [6, 6.07) is -0.0251. The molecule has 1 heterocycles. The molecule has 0 aromatic rings. The van der Waals surface area contributed by atoms with Crippen molar-refractivity contribution in [2.24, 2.45) is 11.3 Å². The first-order valence-corrected chi connectivity index (χ1v) is 8.24. The van der Waals surface area contributed by atoms with Gasteiger partial charge in [-0.15, -0.1) is 0 Å². The molecule has 0 spiro atoms. The van der Waals surface area contributed by atoms with Gasteiger partial charge in [-0.05, 0) is 30.6 Å². The minimum absolute atomic E-state index is 0.0251. The molecule has 0 aromatic carbocycles. The molecule has 1 aliphatic carbocycles. The summed E-state index contributed by atoms with van der Waals surface area (Å²) < 4.78 is 5.33. The maximum absolute atomic E-state index is 12.3. The first-order valence-electron chi connectivity index (χ1n) is 8.24. The number of hydrazine groups is 1. The van der Waals surface area contributed by atoms with Gasteiger partial charge >= 0.3 is 11.9 Å². The van der Waals surface area contributed by atoms with Crippen molar-refractivity contribution in [3.05, 3.63) is 0 Å². The molecule has 1 saturated heterocycles. The second-order valence-electron chi connectivity index (χ2n) is 7.08. The number of carbonyl (C=O) groups is 2. The average molecular weight is 312 g/mol. The topological polar surface area (TPSA) is 70.1 Å². The lowest BCUT2D eigenvalue weighted by molar-refractivity contribution is -0.180. The van der Waals surface area contributed by atoms with E-state index in [2.05, 4.69) is 20.8 Å². The largest absolute Gasteiger partial charge is 0.474 e. The highest BCUT2D eigenvalue weighted by atomic mass is 16.5. The molecule has 2 fully saturated rings. The Kier molecular flexibility index (Phi) is 5.45. The standard InChI is InChI=1S/C16H28N2O4/c1-12(2)16(3)6-4-5-13(11-16)18(14(19)15(20)21)17-7-9-22-10-8-17/h12-13H,4-11H2,1-3H3,(H,20,21). The Morgan fingerprint density at radius 2 is 1.95 bits per heavy atom. The van der Waals surface area contributed by atoms with Gasteiger partial charge in [0.25, 0.3) is 0 Å². The van der Waals surface area contributed by atoms with Crippen molar-refractivity contribution < 1.29 is 19.4 Å². The molecule has 22 heavy (non-hydrogen) atoms. The van der Waals surface area contributed by atoms with Crippen LogP contribution >= 0.6 is 0 Å². The van der Waals surface area contributed by atoms with Gasteiger partial charge in [0.2, 0.25) is 0 Å². The van der Waals surface area contributed by atoms with Crippen LogP contribution < -0.4 is 0 Å². The van der Waals surface area contributed by atoms with Crippen molar-refractivity contribution in [2.45, 2.75) is 52.5 Å². The van der Waals surface area contributed by atoms with E-state index in [0.29, 0.717) is 32.2 Å². The van der Waals surface area contributed by atoms with E-state index in [1.54, 1.807) is 0 Å². The van der Waals surface area contributed by atoms with E-state index in [1.807, 2.05) is 5.01 Å². The minimum Gasteiger partial charge on any atom is -0.474 e. The van der Waals surface area contributed by atoms with Crippen LogP contribution in [0.5, 0.6) is 0 Å². The van der Waals surface area contributed by atoms with Crippen molar-refractivity contribution in [2.75, 3.05) is 26.3 Å². The first-order chi connectivity index (χ1) is 10.3. The van der Waals surface area contributed by atoms with E-state index in [9.17, 15) is 14.7 Å². The van der Waals surface area contributed by atoms with Gasteiger partial charge in [-0.3, -0.25) is 9.80 Å². The third-order valence-electron chi connectivity index (χ3n) is 5.41. The summed E-state index contributed by atoms with van der Waals surface area (Å²) in [5, 5.41) is 12.6. The second-order valence-corrected chi connectivity index (χ2v) is 7.08.